The van der Waals surface area contributed by atoms with E-state index in [0.29, 0.717) is 0 Å². The molecule has 1 heteroatoms. The highest BCUT2D eigenvalue weighted by molar-refractivity contribution is 5.48. The van der Waals surface area contributed by atoms with Gasteiger partial charge in [0, 0.05) is 6.54 Å². The van der Waals surface area contributed by atoms with Crippen molar-refractivity contribution in [2.24, 2.45) is 0 Å². The normalized spacial score (nSPS) is 11.1. The Balaban J connectivity index is 2.01. The summed E-state index contributed by atoms with van der Waals surface area (Å²) in [6.07, 6.45) is 9.68. The first-order chi connectivity index (χ1) is 7.93. The highest BCUT2D eigenvalue weighted by Crippen LogP contribution is 2.00. The van der Waals surface area contributed by atoms with Crippen LogP contribution in [0.4, 0.5) is 0 Å². The van der Waals surface area contributed by atoms with E-state index < -0.39 is 0 Å². The highest BCUT2D eigenvalue weighted by atomic mass is 14.8. The van der Waals surface area contributed by atoms with Crippen molar-refractivity contribution in [2.45, 2.75) is 32.6 Å². The molecular formula is C15H23N. The van der Waals surface area contributed by atoms with Gasteiger partial charge >= 0.3 is 0 Å². The van der Waals surface area contributed by atoms with E-state index in [0.717, 1.165) is 13.1 Å². The van der Waals surface area contributed by atoms with Crippen LogP contribution in [-0.2, 0) is 0 Å². The van der Waals surface area contributed by atoms with E-state index in [4.69, 9.17) is 0 Å². The molecule has 0 saturated heterocycles. The van der Waals surface area contributed by atoms with Gasteiger partial charge in [-0.1, -0.05) is 68.7 Å². The molecule has 0 fully saturated rings. The average Bonchev–Trinajstić information content (AvgIpc) is 2.34. The molecule has 0 bridgehead atoms. The second-order valence-electron chi connectivity index (χ2n) is 4.08. The van der Waals surface area contributed by atoms with Crippen LogP contribution in [0.25, 0.3) is 6.08 Å². The monoisotopic (exact) mass is 217 g/mol. The molecule has 0 amide bonds. The summed E-state index contributed by atoms with van der Waals surface area (Å²) in [5.74, 6) is 0. The molecule has 0 heterocycles. The molecule has 0 aliphatic rings. The smallest absolute Gasteiger partial charge is 0.0138 e. The Hall–Kier alpha value is -1.08. The molecule has 1 aromatic rings. The molecular weight excluding hydrogens is 194 g/mol. The second-order valence-corrected chi connectivity index (χ2v) is 4.08. The number of rotatable bonds is 8. The van der Waals surface area contributed by atoms with E-state index in [9.17, 15) is 0 Å². The fourth-order valence-corrected chi connectivity index (χ4v) is 1.62. The number of benzene rings is 1. The summed E-state index contributed by atoms with van der Waals surface area (Å²) < 4.78 is 0. The summed E-state index contributed by atoms with van der Waals surface area (Å²) in [6.45, 7) is 4.36. The zero-order chi connectivity index (χ0) is 11.5. The molecule has 0 saturated carbocycles. The fraction of sp³-hybridized carbons (Fsp3) is 0.467. The number of hydrogen-bond acceptors (Lipinski definition) is 1. The van der Waals surface area contributed by atoms with E-state index in [-0.39, 0.29) is 0 Å². The van der Waals surface area contributed by atoms with Crippen LogP contribution in [0.5, 0.6) is 0 Å². The quantitative estimate of drug-likeness (QED) is 0.652. The summed E-state index contributed by atoms with van der Waals surface area (Å²) in [7, 11) is 0. The van der Waals surface area contributed by atoms with Crippen molar-refractivity contribution in [3.8, 4) is 0 Å². The first kappa shape index (κ1) is 13.0. The molecule has 1 nitrogen and oxygen atoms in total. The standard InChI is InChI=1S/C15H23N/c1-2-3-4-8-13-16-14-9-12-15-10-6-5-7-11-15/h5-7,9-12,16H,2-4,8,13-14H2,1H3/b12-9+. The maximum Gasteiger partial charge on any atom is 0.0138 e. The van der Waals surface area contributed by atoms with Crippen LogP contribution in [0, 0.1) is 0 Å². The lowest BCUT2D eigenvalue weighted by Gasteiger charge is -2.00. The fourth-order valence-electron chi connectivity index (χ4n) is 1.62. The molecule has 0 unspecified atom stereocenters. The highest BCUT2D eigenvalue weighted by Gasteiger charge is 1.86. The Bertz CT molecular complexity index is 277. The summed E-state index contributed by atoms with van der Waals surface area (Å²) >= 11 is 0. The minimum atomic E-state index is 0.973. The third-order valence-electron chi connectivity index (χ3n) is 2.58. The van der Waals surface area contributed by atoms with Gasteiger partial charge < -0.3 is 5.32 Å². The van der Waals surface area contributed by atoms with Gasteiger partial charge in [-0.05, 0) is 18.5 Å². The van der Waals surface area contributed by atoms with Gasteiger partial charge in [0.25, 0.3) is 0 Å². The Labute approximate surface area is 99.6 Å². The van der Waals surface area contributed by atoms with Gasteiger partial charge in [0.2, 0.25) is 0 Å². The van der Waals surface area contributed by atoms with Crippen molar-refractivity contribution in [3.05, 3.63) is 42.0 Å². The largest absolute Gasteiger partial charge is 0.313 e. The van der Waals surface area contributed by atoms with Crippen LogP contribution >= 0.6 is 0 Å². The molecule has 0 radical (unpaired) electrons. The molecule has 0 aliphatic heterocycles. The van der Waals surface area contributed by atoms with Crippen LogP contribution in [-0.4, -0.2) is 13.1 Å². The summed E-state index contributed by atoms with van der Waals surface area (Å²) in [4.78, 5) is 0. The van der Waals surface area contributed by atoms with Crippen molar-refractivity contribution < 1.29 is 0 Å². The maximum absolute atomic E-state index is 3.43. The van der Waals surface area contributed by atoms with E-state index in [2.05, 4.69) is 48.7 Å². The minimum absolute atomic E-state index is 0.973. The lowest BCUT2D eigenvalue weighted by Crippen LogP contribution is -2.14. The number of unbranched alkanes of at least 4 members (excludes halogenated alkanes) is 3. The lowest BCUT2D eigenvalue weighted by molar-refractivity contribution is 0.621. The topological polar surface area (TPSA) is 12.0 Å². The van der Waals surface area contributed by atoms with Crippen molar-refractivity contribution >= 4 is 6.08 Å². The van der Waals surface area contributed by atoms with Gasteiger partial charge in [-0.3, -0.25) is 0 Å². The van der Waals surface area contributed by atoms with E-state index >= 15 is 0 Å². The first-order valence-corrected chi connectivity index (χ1v) is 6.36. The Morgan fingerprint density at radius 1 is 1.06 bits per heavy atom. The summed E-state index contributed by atoms with van der Waals surface area (Å²) in [5, 5.41) is 3.43. The lowest BCUT2D eigenvalue weighted by atomic mass is 10.2. The second kappa shape index (κ2) is 9.17. The first-order valence-electron chi connectivity index (χ1n) is 6.36. The molecule has 88 valence electrons. The van der Waals surface area contributed by atoms with Crippen molar-refractivity contribution in [2.75, 3.05) is 13.1 Å². The molecule has 0 spiro atoms. The molecule has 16 heavy (non-hydrogen) atoms. The molecule has 1 aromatic carbocycles. The predicted octanol–water partition coefficient (Wildman–Crippen LogP) is 3.87. The van der Waals surface area contributed by atoms with E-state index in [1.54, 1.807) is 0 Å². The minimum Gasteiger partial charge on any atom is -0.313 e. The third-order valence-corrected chi connectivity index (χ3v) is 2.58. The van der Waals surface area contributed by atoms with Gasteiger partial charge in [0.1, 0.15) is 0 Å². The molecule has 0 aromatic heterocycles. The Morgan fingerprint density at radius 3 is 2.62 bits per heavy atom. The number of nitrogens with one attached hydrogen (secondary N) is 1. The number of hydrogen-bond donors (Lipinski definition) is 1. The Kier molecular flexibility index (Phi) is 7.44. The molecule has 1 rings (SSSR count). The molecule has 0 aliphatic carbocycles. The Morgan fingerprint density at radius 2 is 1.88 bits per heavy atom. The maximum atomic E-state index is 3.43. The van der Waals surface area contributed by atoms with Crippen LogP contribution < -0.4 is 5.32 Å². The van der Waals surface area contributed by atoms with Crippen molar-refractivity contribution in [1.82, 2.24) is 5.32 Å². The van der Waals surface area contributed by atoms with Crippen molar-refractivity contribution in [1.29, 1.82) is 0 Å². The van der Waals surface area contributed by atoms with Crippen molar-refractivity contribution in [3.63, 3.8) is 0 Å². The molecule has 0 atom stereocenters. The van der Waals surface area contributed by atoms with Crippen LogP contribution in [0.3, 0.4) is 0 Å². The van der Waals surface area contributed by atoms with E-state index in [1.165, 1.54) is 31.2 Å². The van der Waals surface area contributed by atoms with Gasteiger partial charge in [-0.15, -0.1) is 0 Å². The zero-order valence-electron chi connectivity index (χ0n) is 10.3. The van der Waals surface area contributed by atoms with Gasteiger partial charge in [-0.25, -0.2) is 0 Å². The van der Waals surface area contributed by atoms with Gasteiger partial charge in [0.05, 0.1) is 0 Å². The third kappa shape index (κ3) is 6.41. The summed E-state index contributed by atoms with van der Waals surface area (Å²) in [6, 6.07) is 10.4. The van der Waals surface area contributed by atoms with E-state index in [1.807, 2.05) is 6.07 Å². The molecule has 1 N–H and O–H groups in total. The van der Waals surface area contributed by atoms with Crippen LogP contribution in [0.1, 0.15) is 38.2 Å². The van der Waals surface area contributed by atoms with Crippen LogP contribution in [0.15, 0.2) is 36.4 Å². The predicted molar refractivity (Wildman–Crippen MR) is 72.5 cm³/mol. The van der Waals surface area contributed by atoms with Crippen LogP contribution in [0.2, 0.25) is 0 Å². The summed E-state index contributed by atoms with van der Waals surface area (Å²) in [5.41, 5.74) is 1.27. The SMILES string of the molecule is CCCCCCNC/C=C/c1ccccc1. The van der Waals surface area contributed by atoms with Gasteiger partial charge in [-0.2, -0.15) is 0 Å². The zero-order valence-corrected chi connectivity index (χ0v) is 10.3. The average molecular weight is 217 g/mol. The van der Waals surface area contributed by atoms with Gasteiger partial charge in [0.15, 0.2) is 0 Å².